The topological polar surface area (TPSA) is 58.6 Å². The molecule has 1 aromatic rings. The summed E-state index contributed by atoms with van der Waals surface area (Å²) >= 11 is 0. The van der Waals surface area contributed by atoms with Gasteiger partial charge in [0.2, 0.25) is 5.91 Å². The molecule has 4 rings (SSSR count). The Kier molecular flexibility index (Phi) is 5.59. The van der Waals surface area contributed by atoms with Gasteiger partial charge in [0.15, 0.2) is 0 Å². The molecule has 0 N–H and O–H groups in total. The summed E-state index contributed by atoms with van der Waals surface area (Å²) in [6.45, 7) is 10.9. The summed E-state index contributed by atoms with van der Waals surface area (Å²) in [6.07, 6.45) is 6.44. The number of aromatic nitrogens is 2. The van der Waals surface area contributed by atoms with Gasteiger partial charge in [-0.3, -0.25) is 4.79 Å². The number of ether oxygens (including phenoxy) is 1. The van der Waals surface area contributed by atoms with E-state index >= 15 is 0 Å². The molecular weight excluding hydrogens is 352 g/mol. The third-order valence-electron chi connectivity index (χ3n) is 6.78. The number of carbonyl (C=O) groups is 1. The molecule has 0 aliphatic carbocycles. The van der Waals surface area contributed by atoms with Crippen LogP contribution in [-0.4, -0.2) is 59.7 Å². The van der Waals surface area contributed by atoms with Crippen molar-refractivity contribution in [3.8, 4) is 0 Å². The maximum Gasteiger partial charge on any atom is 0.222 e. The van der Waals surface area contributed by atoms with Crippen LogP contribution in [0.1, 0.15) is 69.8 Å². The van der Waals surface area contributed by atoms with Crippen LogP contribution in [0.4, 0.5) is 5.82 Å². The van der Waals surface area contributed by atoms with Gasteiger partial charge in [0.05, 0.1) is 6.10 Å². The van der Waals surface area contributed by atoms with Crippen LogP contribution in [0.15, 0.2) is 6.07 Å². The van der Waals surface area contributed by atoms with Crippen LogP contribution in [0, 0.1) is 12.3 Å². The lowest BCUT2D eigenvalue weighted by molar-refractivity contribution is -0.140. The summed E-state index contributed by atoms with van der Waals surface area (Å²) < 4.78 is 5.78. The Labute approximate surface area is 168 Å². The second kappa shape index (κ2) is 7.97. The van der Waals surface area contributed by atoms with E-state index in [1.165, 1.54) is 0 Å². The first kappa shape index (κ1) is 19.6. The molecular formula is C22H34N4O2. The smallest absolute Gasteiger partial charge is 0.222 e. The molecule has 1 aromatic heterocycles. The number of amides is 1. The Balaban J connectivity index is 1.41. The first-order valence-electron chi connectivity index (χ1n) is 10.9. The van der Waals surface area contributed by atoms with E-state index in [1.807, 2.05) is 6.92 Å². The number of anilines is 1. The minimum absolute atomic E-state index is 0.248. The normalized spacial score (nSPS) is 25.1. The van der Waals surface area contributed by atoms with Gasteiger partial charge < -0.3 is 14.5 Å². The molecule has 0 radical (unpaired) electrons. The fourth-order valence-electron chi connectivity index (χ4n) is 4.95. The van der Waals surface area contributed by atoms with Crippen LogP contribution >= 0.6 is 0 Å². The molecule has 0 bridgehead atoms. The summed E-state index contributed by atoms with van der Waals surface area (Å²) in [7, 11) is 0. The van der Waals surface area contributed by atoms with Crippen molar-refractivity contribution in [1.29, 1.82) is 0 Å². The zero-order valence-corrected chi connectivity index (χ0v) is 17.6. The van der Waals surface area contributed by atoms with E-state index < -0.39 is 0 Å². The Hall–Kier alpha value is -1.69. The van der Waals surface area contributed by atoms with Gasteiger partial charge in [-0.1, -0.05) is 13.8 Å². The minimum atomic E-state index is 0.248. The van der Waals surface area contributed by atoms with Crippen LogP contribution in [-0.2, 0) is 9.53 Å². The van der Waals surface area contributed by atoms with Gasteiger partial charge in [-0.2, -0.15) is 0 Å². The van der Waals surface area contributed by atoms with Crippen molar-refractivity contribution in [2.24, 2.45) is 5.41 Å². The van der Waals surface area contributed by atoms with Crippen molar-refractivity contribution in [3.05, 3.63) is 17.6 Å². The molecule has 154 valence electrons. The zero-order chi connectivity index (χ0) is 19.7. The van der Waals surface area contributed by atoms with Crippen LogP contribution < -0.4 is 4.90 Å². The number of piperidine rings is 2. The van der Waals surface area contributed by atoms with Crippen LogP contribution in [0.25, 0.3) is 0 Å². The third-order valence-corrected chi connectivity index (χ3v) is 6.78. The maximum atomic E-state index is 12.5. The van der Waals surface area contributed by atoms with E-state index in [9.17, 15) is 4.79 Å². The highest BCUT2D eigenvalue weighted by molar-refractivity contribution is 5.77. The molecule has 28 heavy (non-hydrogen) atoms. The van der Waals surface area contributed by atoms with Crippen molar-refractivity contribution in [3.63, 3.8) is 0 Å². The Morgan fingerprint density at radius 3 is 2.71 bits per heavy atom. The molecule has 6 heteroatoms. The summed E-state index contributed by atoms with van der Waals surface area (Å²) in [4.78, 5) is 26.3. The maximum absolute atomic E-state index is 12.5. The van der Waals surface area contributed by atoms with Gasteiger partial charge in [0.1, 0.15) is 11.6 Å². The highest BCUT2D eigenvalue weighted by atomic mass is 16.5. The van der Waals surface area contributed by atoms with E-state index in [2.05, 4.69) is 34.7 Å². The second-order valence-corrected chi connectivity index (χ2v) is 9.25. The molecule has 1 spiro atoms. The van der Waals surface area contributed by atoms with E-state index in [0.717, 1.165) is 82.2 Å². The standard InChI is InChI=1S/C22H34N4O2/c1-16(2)19-13-20(24-17(3)23-19)25-10-8-22(9-11-25)7-6-21(27)26(15-22)14-18-5-4-12-28-18/h13,16,18H,4-12,14-15H2,1-3H3/t18-/m1/s1. The molecule has 1 amide bonds. The summed E-state index contributed by atoms with van der Waals surface area (Å²) in [6, 6.07) is 2.16. The molecule has 3 fully saturated rings. The lowest BCUT2D eigenvalue weighted by atomic mass is 9.72. The fraction of sp³-hybridized carbons (Fsp3) is 0.773. The molecule has 6 nitrogen and oxygen atoms in total. The van der Waals surface area contributed by atoms with Crippen LogP contribution in [0.5, 0.6) is 0 Å². The van der Waals surface area contributed by atoms with Gasteiger partial charge in [-0.05, 0) is 50.4 Å². The summed E-state index contributed by atoms with van der Waals surface area (Å²) in [5.74, 6) is 2.64. The average Bonchev–Trinajstić information content (AvgIpc) is 3.18. The van der Waals surface area contributed by atoms with Gasteiger partial charge in [0.25, 0.3) is 0 Å². The third kappa shape index (κ3) is 4.17. The molecule has 4 heterocycles. The second-order valence-electron chi connectivity index (χ2n) is 9.25. The van der Waals surface area contributed by atoms with E-state index in [-0.39, 0.29) is 11.5 Å². The quantitative estimate of drug-likeness (QED) is 0.795. The van der Waals surface area contributed by atoms with Crippen molar-refractivity contribution >= 4 is 11.7 Å². The van der Waals surface area contributed by atoms with Gasteiger partial charge in [-0.15, -0.1) is 0 Å². The fourth-order valence-corrected chi connectivity index (χ4v) is 4.95. The largest absolute Gasteiger partial charge is 0.376 e. The highest BCUT2D eigenvalue weighted by Gasteiger charge is 2.42. The molecule has 3 aliphatic rings. The van der Waals surface area contributed by atoms with Crippen LogP contribution in [0.2, 0.25) is 0 Å². The van der Waals surface area contributed by atoms with E-state index in [4.69, 9.17) is 9.72 Å². The van der Waals surface area contributed by atoms with Crippen molar-refractivity contribution in [2.75, 3.05) is 37.7 Å². The Morgan fingerprint density at radius 2 is 2.04 bits per heavy atom. The monoisotopic (exact) mass is 386 g/mol. The number of aryl methyl sites for hydroxylation is 1. The van der Waals surface area contributed by atoms with Crippen molar-refractivity contribution < 1.29 is 9.53 Å². The Morgan fingerprint density at radius 1 is 1.25 bits per heavy atom. The zero-order valence-electron chi connectivity index (χ0n) is 17.6. The van der Waals surface area contributed by atoms with Crippen molar-refractivity contribution in [2.45, 2.75) is 71.3 Å². The first-order chi connectivity index (χ1) is 13.4. The van der Waals surface area contributed by atoms with E-state index in [0.29, 0.717) is 18.2 Å². The Bertz CT molecular complexity index is 706. The predicted molar refractivity (Wildman–Crippen MR) is 110 cm³/mol. The lowest BCUT2D eigenvalue weighted by Crippen LogP contribution is -2.53. The number of rotatable bonds is 4. The molecule has 0 saturated carbocycles. The van der Waals surface area contributed by atoms with Gasteiger partial charge in [-0.25, -0.2) is 9.97 Å². The number of hydrogen-bond donors (Lipinski definition) is 0. The number of carbonyl (C=O) groups excluding carboxylic acids is 1. The van der Waals surface area contributed by atoms with Crippen molar-refractivity contribution in [1.82, 2.24) is 14.9 Å². The number of likely N-dealkylation sites (tertiary alicyclic amines) is 1. The number of hydrogen-bond acceptors (Lipinski definition) is 5. The molecule has 1 atom stereocenters. The average molecular weight is 387 g/mol. The van der Waals surface area contributed by atoms with Crippen LogP contribution in [0.3, 0.4) is 0 Å². The molecule has 0 aromatic carbocycles. The SMILES string of the molecule is Cc1nc(C(C)C)cc(N2CCC3(CCC(=O)N(C[C@H]4CCCO4)C3)CC2)n1. The first-order valence-corrected chi connectivity index (χ1v) is 10.9. The predicted octanol–water partition coefficient (Wildman–Crippen LogP) is 3.30. The molecule has 3 aliphatic heterocycles. The van der Waals surface area contributed by atoms with E-state index in [1.54, 1.807) is 0 Å². The molecule has 3 saturated heterocycles. The minimum Gasteiger partial charge on any atom is -0.376 e. The van der Waals surface area contributed by atoms with Gasteiger partial charge in [0, 0.05) is 51.0 Å². The van der Waals surface area contributed by atoms with Gasteiger partial charge >= 0.3 is 0 Å². The highest BCUT2D eigenvalue weighted by Crippen LogP contribution is 2.41. The summed E-state index contributed by atoms with van der Waals surface area (Å²) in [5.41, 5.74) is 1.39. The lowest BCUT2D eigenvalue weighted by Gasteiger charge is -2.48. The summed E-state index contributed by atoms with van der Waals surface area (Å²) in [5, 5.41) is 0. The number of nitrogens with zero attached hydrogens (tertiary/aromatic N) is 4. The molecule has 0 unspecified atom stereocenters.